The van der Waals surface area contributed by atoms with E-state index in [2.05, 4.69) is 24.1 Å². The summed E-state index contributed by atoms with van der Waals surface area (Å²) in [5, 5.41) is 5.55. The molecule has 33 heavy (non-hydrogen) atoms. The Morgan fingerprint density at radius 1 is 1.09 bits per heavy atom. The van der Waals surface area contributed by atoms with Crippen LogP contribution in [0.1, 0.15) is 31.5 Å². The number of nitrogens with one attached hydrogen (secondary N) is 1. The fraction of sp³-hybridized carbons (Fsp3) is 0.346. The third-order valence-corrected chi connectivity index (χ3v) is 5.82. The van der Waals surface area contributed by atoms with Crippen LogP contribution in [0.4, 0.5) is 4.79 Å². The summed E-state index contributed by atoms with van der Waals surface area (Å²) in [5.74, 6) is -0.0360. The van der Waals surface area contributed by atoms with Gasteiger partial charge in [-0.05, 0) is 35.4 Å². The third-order valence-electron chi connectivity index (χ3n) is 5.45. The van der Waals surface area contributed by atoms with Gasteiger partial charge in [-0.25, -0.2) is 4.79 Å². The number of pyridine rings is 1. The van der Waals surface area contributed by atoms with Crippen LogP contribution in [0.2, 0.25) is 5.02 Å². The molecule has 0 unspecified atom stereocenters. The molecule has 0 aliphatic carbocycles. The molecule has 2 amide bonds. The van der Waals surface area contributed by atoms with Crippen LogP contribution >= 0.6 is 11.6 Å². The first-order valence-corrected chi connectivity index (χ1v) is 11.4. The van der Waals surface area contributed by atoms with Gasteiger partial charge in [0, 0.05) is 30.2 Å². The summed E-state index contributed by atoms with van der Waals surface area (Å²) in [6.07, 6.45) is 2.55. The van der Waals surface area contributed by atoms with E-state index in [0.29, 0.717) is 29.6 Å². The molecule has 6 nitrogen and oxygen atoms in total. The van der Waals surface area contributed by atoms with E-state index in [0.717, 1.165) is 16.3 Å². The van der Waals surface area contributed by atoms with Gasteiger partial charge in [0.15, 0.2) is 0 Å². The minimum atomic E-state index is -0.364. The van der Waals surface area contributed by atoms with Crippen molar-refractivity contribution in [1.82, 2.24) is 15.2 Å². The quantitative estimate of drug-likeness (QED) is 0.437. The van der Waals surface area contributed by atoms with E-state index < -0.39 is 0 Å². The van der Waals surface area contributed by atoms with Crippen LogP contribution in [0.15, 0.2) is 60.8 Å². The monoisotopic (exact) mass is 467 g/mol. The van der Waals surface area contributed by atoms with Crippen LogP contribution in [0.5, 0.6) is 0 Å². The van der Waals surface area contributed by atoms with Crippen molar-refractivity contribution in [3.05, 3.63) is 77.1 Å². The lowest BCUT2D eigenvalue weighted by Crippen LogP contribution is -2.46. The zero-order valence-corrected chi connectivity index (χ0v) is 20.0. The van der Waals surface area contributed by atoms with Gasteiger partial charge in [-0.15, -0.1) is 0 Å². The van der Waals surface area contributed by atoms with Gasteiger partial charge in [0.2, 0.25) is 0 Å². The average Bonchev–Trinajstić information content (AvgIpc) is 2.80. The predicted molar refractivity (Wildman–Crippen MR) is 131 cm³/mol. The number of rotatable bonds is 9. The molecule has 2 aromatic carbocycles. The first kappa shape index (κ1) is 24.5. The molecule has 0 fully saturated rings. The highest BCUT2D eigenvalue weighted by atomic mass is 35.5. The normalized spacial score (nSPS) is 11.9. The number of ether oxygens (including phenoxy) is 1. The van der Waals surface area contributed by atoms with Crippen LogP contribution in [-0.4, -0.2) is 41.6 Å². The van der Waals surface area contributed by atoms with Crippen molar-refractivity contribution in [3.8, 4) is 0 Å². The van der Waals surface area contributed by atoms with Crippen molar-refractivity contribution in [2.45, 2.75) is 39.3 Å². The highest BCUT2D eigenvalue weighted by Gasteiger charge is 2.23. The molecule has 0 saturated heterocycles. The number of nitrogens with zero attached hydrogens (tertiary/aromatic N) is 2. The molecule has 0 spiro atoms. The molecule has 0 aliphatic rings. The van der Waals surface area contributed by atoms with E-state index in [1.807, 2.05) is 48.5 Å². The Morgan fingerprint density at radius 3 is 2.52 bits per heavy atom. The summed E-state index contributed by atoms with van der Waals surface area (Å²) >= 11 is 6.17. The summed E-state index contributed by atoms with van der Waals surface area (Å²) in [6, 6.07) is 16.7. The summed E-state index contributed by atoms with van der Waals surface area (Å²) in [6.45, 7) is 4.60. The number of urea groups is 1. The Bertz CT molecular complexity index is 1100. The van der Waals surface area contributed by atoms with E-state index in [1.54, 1.807) is 24.2 Å². The van der Waals surface area contributed by atoms with Crippen molar-refractivity contribution in [2.24, 2.45) is 5.92 Å². The smallest absolute Gasteiger partial charge is 0.317 e. The van der Waals surface area contributed by atoms with E-state index in [9.17, 15) is 9.59 Å². The van der Waals surface area contributed by atoms with Gasteiger partial charge in [0.05, 0.1) is 18.2 Å². The van der Waals surface area contributed by atoms with Crippen molar-refractivity contribution >= 4 is 34.4 Å². The Morgan fingerprint density at radius 2 is 1.79 bits per heavy atom. The van der Waals surface area contributed by atoms with Crippen molar-refractivity contribution in [3.63, 3.8) is 0 Å². The highest BCUT2D eigenvalue weighted by molar-refractivity contribution is 6.31. The Balaban J connectivity index is 1.56. The minimum Gasteiger partial charge on any atom is -0.463 e. The van der Waals surface area contributed by atoms with E-state index in [-0.39, 0.29) is 31.1 Å². The van der Waals surface area contributed by atoms with E-state index >= 15 is 0 Å². The zero-order valence-electron chi connectivity index (χ0n) is 19.3. The molecule has 1 aromatic heterocycles. The topological polar surface area (TPSA) is 71.5 Å². The number of esters is 1. The molecule has 3 aromatic rings. The second-order valence-corrected chi connectivity index (χ2v) is 8.93. The first-order valence-electron chi connectivity index (χ1n) is 11.1. The van der Waals surface area contributed by atoms with Crippen LogP contribution in [-0.2, 0) is 22.5 Å². The maximum Gasteiger partial charge on any atom is 0.317 e. The number of benzene rings is 2. The van der Waals surface area contributed by atoms with Gasteiger partial charge in [0.1, 0.15) is 6.61 Å². The lowest BCUT2D eigenvalue weighted by Gasteiger charge is -2.29. The first-order chi connectivity index (χ1) is 15.8. The second kappa shape index (κ2) is 11.7. The molecule has 7 heteroatoms. The number of halogens is 1. The predicted octanol–water partition coefficient (Wildman–Crippen LogP) is 5.23. The second-order valence-electron chi connectivity index (χ2n) is 8.53. The number of carbonyl (C=O) groups is 2. The highest BCUT2D eigenvalue weighted by Crippen LogP contribution is 2.16. The molecular weight excluding hydrogens is 438 g/mol. The van der Waals surface area contributed by atoms with Crippen molar-refractivity contribution in [1.29, 1.82) is 0 Å². The van der Waals surface area contributed by atoms with E-state index in [1.165, 1.54) is 0 Å². The SMILES string of the molecule is CC(C)C[C@@H](COC(=O)Cc1cc2ccccc2cn1)N(C)C(=O)NCc1ccccc1Cl. The van der Waals surface area contributed by atoms with Gasteiger partial charge in [-0.1, -0.05) is 67.9 Å². The Kier molecular flexibility index (Phi) is 8.66. The number of aromatic nitrogens is 1. The summed E-state index contributed by atoms with van der Waals surface area (Å²) in [7, 11) is 1.72. The van der Waals surface area contributed by atoms with Crippen LogP contribution < -0.4 is 5.32 Å². The minimum absolute atomic E-state index is 0.0850. The standard InChI is InChI=1S/C26H30ClN3O3/c1-18(2)12-23(30(3)26(32)29-16-21-10-6-7-11-24(21)27)17-33-25(31)14-22-13-19-8-4-5-9-20(19)15-28-22/h4-11,13,15,18,23H,12,14,16-17H2,1-3H3,(H,29,32)/t23-/m0/s1. The zero-order chi connectivity index (χ0) is 23.8. The van der Waals surface area contributed by atoms with Gasteiger partial charge >= 0.3 is 12.0 Å². The number of hydrogen-bond acceptors (Lipinski definition) is 4. The van der Waals surface area contributed by atoms with Crippen molar-refractivity contribution < 1.29 is 14.3 Å². The summed E-state index contributed by atoms with van der Waals surface area (Å²) in [5.41, 5.74) is 1.50. The number of fused-ring (bicyclic) bond motifs is 1. The maximum atomic E-state index is 12.7. The van der Waals surface area contributed by atoms with Gasteiger partial charge in [-0.2, -0.15) is 0 Å². The Hall–Kier alpha value is -3.12. The number of hydrogen-bond donors (Lipinski definition) is 1. The molecule has 0 aliphatic heterocycles. The summed E-state index contributed by atoms with van der Waals surface area (Å²) < 4.78 is 5.55. The fourth-order valence-corrected chi connectivity index (χ4v) is 3.80. The number of carbonyl (C=O) groups excluding carboxylic acids is 2. The molecule has 1 heterocycles. The molecule has 174 valence electrons. The van der Waals surface area contributed by atoms with E-state index in [4.69, 9.17) is 16.3 Å². The molecule has 0 saturated carbocycles. The van der Waals surface area contributed by atoms with Gasteiger partial charge in [-0.3, -0.25) is 9.78 Å². The molecule has 0 bridgehead atoms. The molecule has 1 atom stereocenters. The number of amides is 2. The van der Waals surface area contributed by atoms with Gasteiger partial charge in [0.25, 0.3) is 0 Å². The maximum absolute atomic E-state index is 12.7. The Labute approximate surface area is 199 Å². The van der Waals surface area contributed by atoms with Crippen LogP contribution in [0.3, 0.4) is 0 Å². The van der Waals surface area contributed by atoms with Crippen molar-refractivity contribution in [2.75, 3.05) is 13.7 Å². The van der Waals surface area contributed by atoms with Crippen LogP contribution in [0, 0.1) is 5.92 Å². The van der Waals surface area contributed by atoms with Gasteiger partial charge < -0.3 is 15.0 Å². The molecule has 3 rings (SSSR count). The lowest BCUT2D eigenvalue weighted by atomic mass is 10.0. The number of likely N-dealkylation sites (N-methyl/N-ethyl adjacent to an activating group) is 1. The fourth-order valence-electron chi connectivity index (χ4n) is 3.60. The molecule has 1 N–H and O–H groups in total. The third kappa shape index (κ3) is 7.19. The van der Waals surface area contributed by atoms with Crippen LogP contribution in [0.25, 0.3) is 10.8 Å². The molecular formula is C26H30ClN3O3. The summed E-state index contributed by atoms with van der Waals surface area (Å²) in [4.78, 5) is 31.2. The average molecular weight is 468 g/mol. The molecule has 0 radical (unpaired) electrons. The lowest BCUT2D eigenvalue weighted by molar-refractivity contribution is -0.144. The largest absolute Gasteiger partial charge is 0.463 e.